The van der Waals surface area contributed by atoms with Crippen molar-refractivity contribution in [3.05, 3.63) is 41.7 Å². The molecule has 0 amide bonds. The van der Waals surface area contributed by atoms with Gasteiger partial charge in [-0.3, -0.25) is 0 Å². The second-order valence-electron chi connectivity index (χ2n) is 11.6. The van der Waals surface area contributed by atoms with Crippen molar-refractivity contribution >= 4 is 27.5 Å². The summed E-state index contributed by atoms with van der Waals surface area (Å²) in [5, 5.41) is 15.7. The zero-order valence-electron chi connectivity index (χ0n) is 23.1. The number of rotatable bonds is 6. The van der Waals surface area contributed by atoms with Gasteiger partial charge in [0.1, 0.15) is 34.8 Å². The molecule has 1 saturated heterocycles. The summed E-state index contributed by atoms with van der Waals surface area (Å²) in [6.07, 6.45) is 7.95. The van der Waals surface area contributed by atoms with Gasteiger partial charge in [0.25, 0.3) is 0 Å². The van der Waals surface area contributed by atoms with E-state index in [1.54, 1.807) is 18.2 Å². The molecule has 0 bridgehead atoms. The highest BCUT2D eigenvalue weighted by Crippen LogP contribution is 2.47. The molecule has 2 aromatic carbocycles. The molecule has 2 fully saturated rings. The molecule has 1 aliphatic carbocycles. The van der Waals surface area contributed by atoms with Gasteiger partial charge < -0.3 is 29.7 Å². The van der Waals surface area contributed by atoms with Crippen LogP contribution in [0.4, 0.5) is 10.2 Å². The summed E-state index contributed by atoms with van der Waals surface area (Å²) < 4.78 is 29.2. The molecule has 2 aromatic heterocycles. The number of aromatic nitrogens is 3. The van der Waals surface area contributed by atoms with E-state index in [2.05, 4.69) is 26.0 Å². The second-order valence-corrected chi connectivity index (χ2v) is 11.6. The van der Waals surface area contributed by atoms with Crippen LogP contribution in [0.1, 0.15) is 18.4 Å². The monoisotopic (exact) mass is 554 g/mol. The van der Waals surface area contributed by atoms with E-state index in [-0.39, 0.29) is 40.3 Å². The minimum atomic E-state index is -0.650. The molecule has 2 aliphatic heterocycles. The predicted molar refractivity (Wildman–Crippen MR) is 155 cm³/mol. The number of fused-ring (bicyclic) bond motifs is 3. The molecular weight excluding hydrogens is 523 g/mol. The third-order valence-corrected chi connectivity index (χ3v) is 8.24. The summed E-state index contributed by atoms with van der Waals surface area (Å²) in [5.74, 6) is 2.81. The Bertz CT molecular complexity index is 1730. The van der Waals surface area contributed by atoms with Crippen LogP contribution in [-0.2, 0) is 0 Å². The SMILES string of the molecule is C#Cc1cccc2cc(O)cc(-c3nc4c5c(nc(OCC6(CN(C)C)CC6)nc5c3F)N3CCNC[C@@H]3CO4)c12. The maximum atomic E-state index is 16.7. The standard InChI is InChI=1S/C31H31FN6O3/c1-4-18-6-5-7-19-12-21(39)13-22(23(18)19)26-25(32)27-24-28(38-11-10-33-14-20(38)15-40-29(24)34-26)36-30(35-27)41-17-31(8-9-31)16-37(2)3/h1,5-7,12-13,20,33,39H,8-11,14-17H2,2-3H3/t20-/m1/s1. The van der Waals surface area contributed by atoms with E-state index in [9.17, 15) is 5.11 Å². The van der Waals surface area contributed by atoms with E-state index in [1.165, 1.54) is 6.07 Å². The first-order chi connectivity index (χ1) is 19.9. The lowest BCUT2D eigenvalue weighted by atomic mass is 9.96. The van der Waals surface area contributed by atoms with E-state index in [1.807, 2.05) is 20.2 Å². The fourth-order valence-electron chi connectivity index (χ4n) is 6.15. The Morgan fingerprint density at radius 3 is 2.88 bits per heavy atom. The zero-order chi connectivity index (χ0) is 28.3. The van der Waals surface area contributed by atoms with Crippen molar-refractivity contribution in [1.29, 1.82) is 0 Å². The smallest absolute Gasteiger partial charge is 0.319 e. The largest absolute Gasteiger partial charge is 0.508 e. The number of hydrogen-bond donors (Lipinski definition) is 2. The fraction of sp³-hybridized carbons (Fsp3) is 0.387. The van der Waals surface area contributed by atoms with Gasteiger partial charge in [-0.2, -0.15) is 9.97 Å². The van der Waals surface area contributed by atoms with E-state index >= 15 is 4.39 Å². The number of pyridine rings is 1. The molecule has 1 saturated carbocycles. The summed E-state index contributed by atoms with van der Waals surface area (Å²) in [5.41, 5.74) is 1.04. The van der Waals surface area contributed by atoms with Crippen molar-refractivity contribution in [2.75, 3.05) is 58.4 Å². The third kappa shape index (κ3) is 4.46. The van der Waals surface area contributed by atoms with Gasteiger partial charge in [0.2, 0.25) is 5.88 Å². The predicted octanol–water partition coefficient (Wildman–Crippen LogP) is 3.56. The van der Waals surface area contributed by atoms with Crippen LogP contribution in [0.5, 0.6) is 17.6 Å². The first-order valence-corrected chi connectivity index (χ1v) is 13.9. The van der Waals surface area contributed by atoms with Crippen molar-refractivity contribution in [3.8, 4) is 41.2 Å². The molecule has 2 N–H and O–H groups in total. The van der Waals surface area contributed by atoms with Crippen LogP contribution in [0, 0.1) is 23.6 Å². The number of terminal acetylenes is 1. The number of phenolic OH excluding ortho intramolecular Hbond substituents is 1. The number of nitrogens with zero attached hydrogens (tertiary/aromatic N) is 5. The lowest BCUT2D eigenvalue weighted by Gasteiger charge is -2.35. The lowest BCUT2D eigenvalue weighted by Crippen LogP contribution is -2.53. The minimum Gasteiger partial charge on any atom is -0.508 e. The number of benzene rings is 2. The summed E-state index contributed by atoms with van der Waals surface area (Å²) in [4.78, 5) is 18.4. The Morgan fingerprint density at radius 2 is 2.10 bits per heavy atom. The second kappa shape index (κ2) is 9.72. The molecule has 0 radical (unpaired) electrons. The van der Waals surface area contributed by atoms with Gasteiger partial charge in [-0.25, -0.2) is 9.37 Å². The lowest BCUT2D eigenvalue weighted by molar-refractivity contribution is 0.183. The van der Waals surface area contributed by atoms with Gasteiger partial charge in [0.05, 0.1) is 12.6 Å². The number of phenols is 1. The highest BCUT2D eigenvalue weighted by atomic mass is 19.1. The summed E-state index contributed by atoms with van der Waals surface area (Å²) >= 11 is 0. The first-order valence-electron chi connectivity index (χ1n) is 13.9. The number of hydrogen-bond acceptors (Lipinski definition) is 9. The maximum absolute atomic E-state index is 16.7. The number of anilines is 1. The van der Waals surface area contributed by atoms with Crippen LogP contribution >= 0.6 is 0 Å². The summed E-state index contributed by atoms with van der Waals surface area (Å²) in [7, 11) is 4.10. The van der Waals surface area contributed by atoms with Crippen LogP contribution in [0.25, 0.3) is 32.9 Å². The molecule has 9 nitrogen and oxygen atoms in total. The molecule has 3 aliphatic rings. The molecule has 0 unspecified atom stereocenters. The first kappa shape index (κ1) is 25.7. The molecule has 10 heteroatoms. The van der Waals surface area contributed by atoms with Crippen LogP contribution in [0.2, 0.25) is 0 Å². The number of halogens is 1. The minimum absolute atomic E-state index is 0.00373. The summed E-state index contributed by atoms with van der Waals surface area (Å²) in [6.45, 7) is 3.82. The Labute approximate surface area is 237 Å². The number of piperazine rings is 1. The highest BCUT2D eigenvalue weighted by molar-refractivity contribution is 6.04. The molecule has 4 aromatic rings. The van der Waals surface area contributed by atoms with Crippen molar-refractivity contribution in [2.24, 2.45) is 5.41 Å². The average Bonchev–Trinajstić information content (AvgIpc) is 3.75. The van der Waals surface area contributed by atoms with Gasteiger partial charge in [0, 0.05) is 48.1 Å². The zero-order valence-corrected chi connectivity index (χ0v) is 23.1. The van der Waals surface area contributed by atoms with Crippen molar-refractivity contribution < 1.29 is 19.0 Å². The van der Waals surface area contributed by atoms with E-state index in [4.69, 9.17) is 25.9 Å². The molecule has 1 atom stereocenters. The molecule has 210 valence electrons. The number of ether oxygens (including phenoxy) is 2. The van der Waals surface area contributed by atoms with Gasteiger partial charge >= 0.3 is 6.01 Å². The van der Waals surface area contributed by atoms with Crippen LogP contribution in [0.3, 0.4) is 0 Å². The van der Waals surface area contributed by atoms with Crippen LogP contribution in [0.15, 0.2) is 30.3 Å². The maximum Gasteiger partial charge on any atom is 0.319 e. The average molecular weight is 555 g/mol. The Balaban J connectivity index is 1.44. The Kier molecular flexibility index (Phi) is 6.10. The van der Waals surface area contributed by atoms with Crippen molar-refractivity contribution in [3.63, 3.8) is 0 Å². The third-order valence-electron chi connectivity index (χ3n) is 8.24. The number of aromatic hydroxyl groups is 1. The molecular formula is C31H31FN6O3. The van der Waals surface area contributed by atoms with E-state index in [0.29, 0.717) is 59.4 Å². The van der Waals surface area contributed by atoms with E-state index in [0.717, 1.165) is 25.9 Å². The van der Waals surface area contributed by atoms with Crippen molar-refractivity contribution in [2.45, 2.75) is 18.9 Å². The van der Waals surface area contributed by atoms with Gasteiger partial charge in [-0.15, -0.1) is 6.42 Å². The molecule has 7 rings (SSSR count). The van der Waals surface area contributed by atoms with Crippen molar-refractivity contribution in [1.82, 2.24) is 25.2 Å². The Hall–Kier alpha value is -4.20. The molecule has 0 spiro atoms. The summed E-state index contributed by atoms with van der Waals surface area (Å²) in [6, 6.07) is 8.60. The van der Waals surface area contributed by atoms with E-state index < -0.39 is 5.82 Å². The number of nitrogens with one attached hydrogen (secondary N) is 1. The topological polar surface area (TPSA) is 95.9 Å². The molecule has 41 heavy (non-hydrogen) atoms. The van der Waals surface area contributed by atoms with Gasteiger partial charge in [-0.1, -0.05) is 18.1 Å². The van der Waals surface area contributed by atoms with Crippen LogP contribution in [-0.4, -0.2) is 84.5 Å². The normalized spacial score (nSPS) is 19.0. The van der Waals surface area contributed by atoms with Gasteiger partial charge in [0.15, 0.2) is 5.82 Å². The molecule has 4 heterocycles. The highest BCUT2D eigenvalue weighted by Gasteiger charge is 2.44. The Morgan fingerprint density at radius 1 is 1.24 bits per heavy atom. The van der Waals surface area contributed by atoms with Gasteiger partial charge in [-0.05, 0) is 50.5 Å². The van der Waals surface area contributed by atoms with Crippen LogP contribution < -0.4 is 19.7 Å². The quantitative estimate of drug-likeness (QED) is 0.347. The fourth-order valence-corrected chi connectivity index (χ4v) is 6.15.